The monoisotopic (exact) mass is 476 g/mol. The van der Waals surface area contributed by atoms with E-state index in [-0.39, 0.29) is 5.91 Å². The van der Waals surface area contributed by atoms with E-state index in [0.29, 0.717) is 17.3 Å². The zero-order chi connectivity index (χ0) is 21.6. The van der Waals surface area contributed by atoms with Crippen LogP contribution >= 0.6 is 34.7 Å². The minimum atomic E-state index is 0.0588. The molecule has 0 radical (unpaired) electrons. The highest BCUT2D eigenvalue weighted by molar-refractivity contribution is 8.00. The molecule has 31 heavy (non-hydrogen) atoms. The summed E-state index contributed by atoms with van der Waals surface area (Å²) in [6, 6.07) is 13.5. The number of thioether (sulfide) groups is 1. The number of fused-ring (bicyclic) bond motifs is 1. The Bertz CT molecular complexity index is 1020. The van der Waals surface area contributed by atoms with E-state index in [1.807, 2.05) is 42.5 Å². The quantitative estimate of drug-likeness (QED) is 0.496. The summed E-state index contributed by atoms with van der Waals surface area (Å²) >= 11 is 9.12. The van der Waals surface area contributed by atoms with Gasteiger partial charge in [-0.25, -0.2) is 4.98 Å². The van der Waals surface area contributed by atoms with Crippen molar-refractivity contribution in [2.75, 3.05) is 57.0 Å². The minimum absolute atomic E-state index is 0.0588. The van der Waals surface area contributed by atoms with E-state index in [1.54, 1.807) is 18.4 Å². The number of carbonyl (C=O) groups is 1. The number of benzene rings is 2. The molecule has 164 valence electrons. The van der Waals surface area contributed by atoms with Gasteiger partial charge in [0.1, 0.15) is 5.75 Å². The highest BCUT2D eigenvalue weighted by Gasteiger charge is 2.20. The Morgan fingerprint density at radius 1 is 1.19 bits per heavy atom. The van der Waals surface area contributed by atoms with Gasteiger partial charge < -0.3 is 15.0 Å². The van der Waals surface area contributed by atoms with E-state index in [0.717, 1.165) is 58.7 Å². The van der Waals surface area contributed by atoms with Gasteiger partial charge in [0.25, 0.3) is 0 Å². The molecular formula is C22H25ClN4O2S2. The third kappa shape index (κ3) is 6.04. The number of carbonyl (C=O) groups excluding carboxylic acids is 1. The molecule has 0 unspecified atom stereocenters. The number of rotatable bonds is 8. The topological polar surface area (TPSA) is 57.7 Å². The number of hydrogen-bond donors (Lipinski definition) is 1. The first-order valence-electron chi connectivity index (χ1n) is 10.2. The lowest BCUT2D eigenvalue weighted by atomic mass is 10.3. The van der Waals surface area contributed by atoms with E-state index in [4.69, 9.17) is 21.3 Å². The largest absolute Gasteiger partial charge is 0.497 e. The Labute approximate surface area is 195 Å². The first kappa shape index (κ1) is 22.2. The lowest BCUT2D eigenvalue weighted by Gasteiger charge is -2.34. The molecule has 2 aromatic carbocycles. The number of thiazole rings is 1. The molecule has 0 atom stereocenters. The third-order valence-electron chi connectivity index (χ3n) is 5.16. The van der Waals surface area contributed by atoms with Gasteiger partial charge in [-0.2, -0.15) is 0 Å². The number of aromatic nitrogens is 1. The number of halogens is 1. The van der Waals surface area contributed by atoms with Crippen LogP contribution in [0.15, 0.2) is 47.4 Å². The molecule has 9 heteroatoms. The van der Waals surface area contributed by atoms with E-state index < -0.39 is 0 Å². The second-order valence-corrected chi connectivity index (χ2v) is 9.75. The molecule has 1 fully saturated rings. The number of hydrogen-bond acceptors (Lipinski definition) is 7. The average molecular weight is 477 g/mol. The number of ether oxygens (including phenoxy) is 1. The summed E-state index contributed by atoms with van der Waals surface area (Å²) in [4.78, 5) is 22.6. The molecule has 1 amide bonds. The van der Waals surface area contributed by atoms with Crippen molar-refractivity contribution >= 4 is 56.0 Å². The fraction of sp³-hybridized carbons (Fsp3) is 0.364. The summed E-state index contributed by atoms with van der Waals surface area (Å²) in [5.41, 5.74) is 1.02. The van der Waals surface area contributed by atoms with Crippen molar-refractivity contribution in [1.29, 1.82) is 0 Å². The van der Waals surface area contributed by atoms with Crippen LogP contribution in [0.4, 0.5) is 5.13 Å². The molecule has 0 aliphatic carbocycles. The number of anilines is 1. The summed E-state index contributed by atoms with van der Waals surface area (Å²) in [5.74, 6) is 1.34. The third-order valence-corrected chi connectivity index (χ3v) is 7.50. The lowest BCUT2D eigenvalue weighted by Crippen LogP contribution is -2.48. The second-order valence-electron chi connectivity index (χ2n) is 7.25. The number of methoxy groups -OCH3 is 1. The first-order chi connectivity index (χ1) is 15.1. The maximum Gasteiger partial charge on any atom is 0.230 e. The van der Waals surface area contributed by atoms with Crippen molar-refractivity contribution in [3.05, 3.63) is 47.5 Å². The van der Waals surface area contributed by atoms with Crippen LogP contribution in [-0.4, -0.2) is 67.9 Å². The molecule has 0 saturated carbocycles. The van der Waals surface area contributed by atoms with E-state index >= 15 is 0 Å². The maximum atomic E-state index is 12.1. The standard InChI is InChI=1S/C22H25ClN4O2S2/c1-29-17-4-7-19-20(14-17)31-22(25-19)27-12-10-26(11-13-27)9-8-24-21(28)15-30-18-5-2-16(23)3-6-18/h2-7,14H,8-13,15H2,1H3,(H,24,28). The molecule has 3 aromatic rings. The van der Waals surface area contributed by atoms with Crippen molar-refractivity contribution in [2.24, 2.45) is 0 Å². The molecule has 6 nitrogen and oxygen atoms in total. The van der Waals surface area contributed by atoms with Gasteiger partial charge in [0.2, 0.25) is 5.91 Å². The first-order valence-corrected chi connectivity index (χ1v) is 12.4. The van der Waals surface area contributed by atoms with Gasteiger partial charge in [0, 0.05) is 49.2 Å². The van der Waals surface area contributed by atoms with Gasteiger partial charge in [-0.3, -0.25) is 9.69 Å². The molecule has 1 aromatic heterocycles. The molecule has 1 aliphatic heterocycles. The number of nitrogens with zero attached hydrogens (tertiary/aromatic N) is 3. The SMILES string of the molecule is COc1ccc2nc(N3CCN(CCNC(=O)CSc4ccc(Cl)cc4)CC3)sc2c1. The Morgan fingerprint density at radius 2 is 1.97 bits per heavy atom. The molecule has 0 bridgehead atoms. The van der Waals surface area contributed by atoms with Crippen LogP contribution in [0, 0.1) is 0 Å². The summed E-state index contributed by atoms with van der Waals surface area (Å²) in [5, 5.41) is 4.79. The van der Waals surface area contributed by atoms with E-state index in [2.05, 4.69) is 15.1 Å². The zero-order valence-corrected chi connectivity index (χ0v) is 19.7. The summed E-state index contributed by atoms with van der Waals surface area (Å²) in [6.07, 6.45) is 0. The Morgan fingerprint density at radius 3 is 2.71 bits per heavy atom. The van der Waals surface area contributed by atoms with Crippen LogP contribution < -0.4 is 15.0 Å². The molecule has 0 spiro atoms. The minimum Gasteiger partial charge on any atom is -0.497 e. The van der Waals surface area contributed by atoms with Crippen LogP contribution in [0.3, 0.4) is 0 Å². The molecule has 2 heterocycles. The molecule has 4 rings (SSSR count). The number of nitrogens with one attached hydrogen (secondary N) is 1. The fourth-order valence-corrected chi connectivity index (χ4v) is 5.30. The van der Waals surface area contributed by atoms with Crippen LogP contribution in [-0.2, 0) is 4.79 Å². The van der Waals surface area contributed by atoms with Crippen molar-refractivity contribution in [3.63, 3.8) is 0 Å². The highest BCUT2D eigenvalue weighted by Crippen LogP contribution is 2.31. The predicted octanol–water partition coefficient (Wildman–Crippen LogP) is 3.99. The van der Waals surface area contributed by atoms with E-state index in [9.17, 15) is 4.79 Å². The smallest absolute Gasteiger partial charge is 0.230 e. The molecular weight excluding hydrogens is 452 g/mol. The predicted molar refractivity (Wildman–Crippen MR) is 130 cm³/mol. The van der Waals surface area contributed by atoms with Gasteiger partial charge in [-0.15, -0.1) is 11.8 Å². The Balaban J connectivity index is 1.17. The zero-order valence-electron chi connectivity index (χ0n) is 17.3. The fourth-order valence-electron chi connectivity index (χ4n) is 3.40. The van der Waals surface area contributed by atoms with Crippen LogP contribution in [0.5, 0.6) is 5.75 Å². The highest BCUT2D eigenvalue weighted by atomic mass is 35.5. The van der Waals surface area contributed by atoms with Gasteiger partial charge in [-0.1, -0.05) is 22.9 Å². The normalized spacial score (nSPS) is 14.7. The average Bonchev–Trinajstić information content (AvgIpc) is 3.22. The van der Waals surface area contributed by atoms with Gasteiger partial charge >= 0.3 is 0 Å². The Hall–Kier alpha value is -2.00. The molecule has 1 aliphatic rings. The summed E-state index contributed by atoms with van der Waals surface area (Å²) in [7, 11) is 1.68. The van der Waals surface area contributed by atoms with Crippen LogP contribution in [0.25, 0.3) is 10.2 Å². The summed E-state index contributed by atoms with van der Waals surface area (Å²) in [6.45, 7) is 5.35. The lowest BCUT2D eigenvalue weighted by molar-refractivity contribution is -0.118. The van der Waals surface area contributed by atoms with Crippen molar-refractivity contribution in [2.45, 2.75) is 4.90 Å². The van der Waals surface area contributed by atoms with Crippen molar-refractivity contribution < 1.29 is 9.53 Å². The maximum absolute atomic E-state index is 12.1. The van der Waals surface area contributed by atoms with Gasteiger partial charge in [0.15, 0.2) is 5.13 Å². The summed E-state index contributed by atoms with van der Waals surface area (Å²) < 4.78 is 6.46. The molecule has 1 saturated heterocycles. The van der Waals surface area contributed by atoms with Gasteiger partial charge in [-0.05, 0) is 42.5 Å². The second kappa shape index (κ2) is 10.5. The van der Waals surface area contributed by atoms with Crippen molar-refractivity contribution in [3.8, 4) is 5.75 Å². The van der Waals surface area contributed by atoms with Crippen LogP contribution in [0.2, 0.25) is 5.02 Å². The van der Waals surface area contributed by atoms with Gasteiger partial charge in [0.05, 0.1) is 23.1 Å². The number of amides is 1. The van der Waals surface area contributed by atoms with Crippen molar-refractivity contribution in [1.82, 2.24) is 15.2 Å². The van der Waals surface area contributed by atoms with Crippen LogP contribution in [0.1, 0.15) is 0 Å². The number of piperazine rings is 1. The molecule has 1 N–H and O–H groups in total. The Kier molecular flexibility index (Phi) is 7.55. The van der Waals surface area contributed by atoms with E-state index in [1.165, 1.54) is 11.8 Å².